The van der Waals surface area contributed by atoms with Crippen LogP contribution >= 0.6 is 6.41 Å². The van der Waals surface area contributed by atoms with Crippen LogP contribution in [0.25, 0.3) is 32.7 Å². The first-order valence-electron chi connectivity index (χ1n) is 14.1. The predicted octanol–water partition coefficient (Wildman–Crippen LogP) is 9.13. The first-order chi connectivity index (χ1) is 19.9. The van der Waals surface area contributed by atoms with Crippen molar-refractivity contribution in [3.8, 4) is 22.6 Å². The SMILES string of the molecule is C[Si](C)(c1ccccc1)[C@@H](Cc1ccccc1)[P+]1([Se-])Oc2ccc3ccccc3c2-c2c(ccc3ccccc23)O1. The van der Waals surface area contributed by atoms with Gasteiger partial charge in [0.05, 0.1) is 0 Å². The summed E-state index contributed by atoms with van der Waals surface area (Å²) in [4.78, 5) is 0. The summed E-state index contributed by atoms with van der Waals surface area (Å²) >= 11 is 3.61. The van der Waals surface area contributed by atoms with Gasteiger partial charge in [-0.15, -0.1) is 0 Å². The zero-order valence-corrected chi connectivity index (χ0v) is 26.8. The first kappa shape index (κ1) is 26.5. The van der Waals surface area contributed by atoms with Crippen LogP contribution in [0.15, 0.2) is 133 Å². The van der Waals surface area contributed by atoms with Crippen molar-refractivity contribution in [2.24, 2.45) is 0 Å². The van der Waals surface area contributed by atoms with Crippen molar-refractivity contribution in [2.45, 2.75) is 24.8 Å². The molecule has 41 heavy (non-hydrogen) atoms. The fourth-order valence-corrected chi connectivity index (χ4v) is 20.4. The molecule has 1 aliphatic rings. The summed E-state index contributed by atoms with van der Waals surface area (Å²) in [6.45, 7) is 4.94. The topological polar surface area (TPSA) is 18.5 Å². The van der Waals surface area contributed by atoms with Gasteiger partial charge in [-0.25, -0.2) is 0 Å². The van der Waals surface area contributed by atoms with E-state index in [2.05, 4.69) is 162 Å². The molecule has 6 aromatic carbocycles. The van der Waals surface area contributed by atoms with E-state index in [0.717, 1.165) is 29.0 Å². The molecular formula is C36H31O2PSeSi. The third-order valence-electron chi connectivity index (χ3n) is 8.49. The van der Waals surface area contributed by atoms with Crippen LogP contribution in [0.1, 0.15) is 5.56 Å². The van der Waals surface area contributed by atoms with Gasteiger partial charge in [0, 0.05) is 0 Å². The number of hydrogen-bond acceptors (Lipinski definition) is 2. The molecule has 0 N–H and O–H groups in total. The van der Waals surface area contributed by atoms with Crippen LogP contribution in [0.3, 0.4) is 0 Å². The molecule has 0 aliphatic carbocycles. The van der Waals surface area contributed by atoms with Gasteiger partial charge in [0.15, 0.2) is 0 Å². The minimum atomic E-state index is -2.65. The molecule has 0 bridgehead atoms. The number of hydrogen-bond donors (Lipinski definition) is 0. The molecule has 2 nitrogen and oxygen atoms in total. The van der Waals surface area contributed by atoms with Crippen LogP contribution in [-0.2, 0) is 6.42 Å². The summed E-state index contributed by atoms with van der Waals surface area (Å²) in [5.41, 5.74) is 3.53. The molecule has 0 spiro atoms. The van der Waals surface area contributed by atoms with Crippen LogP contribution in [0.4, 0.5) is 0 Å². The van der Waals surface area contributed by atoms with Gasteiger partial charge in [-0.1, -0.05) is 0 Å². The molecule has 0 unspecified atom stereocenters. The van der Waals surface area contributed by atoms with Gasteiger partial charge in [-0.2, -0.15) is 0 Å². The van der Waals surface area contributed by atoms with E-state index in [1.165, 1.54) is 32.3 Å². The second-order valence-corrected chi connectivity index (χ2v) is 21.8. The molecular weight excluding hydrogens is 602 g/mol. The van der Waals surface area contributed by atoms with Gasteiger partial charge >= 0.3 is 252 Å². The molecule has 1 atom stereocenters. The average molecular weight is 634 g/mol. The van der Waals surface area contributed by atoms with Crippen LogP contribution in [0.5, 0.6) is 11.5 Å². The second kappa shape index (κ2) is 10.5. The third-order valence-corrected chi connectivity index (χ3v) is 20.8. The maximum atomic E-state index is 7.29. The first-order valence-corrected chi connectivity index (χ1v) is 21.0. The van der Waals surface area contributed by atoms with Gasteiger partial charge in [-0.3, -0.25) is 0 Å². The molecule has 0 radical (unpaired) electrons. The molecule has 1 heterocycles. The molecule has 1 aliphatic heterocycles. The zero-order valence-electron chi connectivity index (χ0n) is 23.2. The van der Waals surface area contributed by atoms with E-state index in [1.807, 2.05) is 0 Å². The van der Waals surface area contributed by atoms with Crippen LogP contribution in [0.2, 0.25) is 13.1 Å². The van der Waals surface area contributed by atoms with Crippen molar-refractivity contribution < 1.29 is 9.05 Å². The Kier molecular flexibility index (Phi) is 6.76. The molecule has 5 heteroatoms. The molecule has 0 saturated carbocycles. The molecule has 202 valence electrons. The Morgan fingerprint density at radius 2 is 1.05 bits per heavy atom. The van der Waals surface area contributed by atoms with Gasteiger partial charge in [0.25, 0.3) is 0 Å². The number of fused-ring (bicyclic) bond motifs is 7. The Hall–Kier alpha value is -3.39. The minimum absolute atomic E-state index is 0.163. The van der Waals surface area contributed by atoms with E-state index in [9.17, 15) is 0 Å². The Bertz CT molecular complexity index is 1790. The summed E-state index contributed by atoms with van der Waals surface area (Å²) < 4.78 is 14.6. The molecule has 0 amide bonds. The number of benzene rings is 6. The van der Waals surface area contributed by atoms with Gasteiger partial charge in [0.1, 0.15) is 0 Å². The Morgan fingerprint density at radius 1 is 0.585 bits per heavy atom. The van der Waals surface area contributed by atoms with E-state index in [4.69, 9.17) is 9.05 Å². The molecule has 6 aromatic rings. The summed E-state index contributed by atoms with van der Waals surface area (Å²) in [7, 11) is -2.16. The monoisotopic (exact) mass is 634 g/mol. The fourth-order valence-electron chi connectivity index (χ4n) is 6.25. The predicted molar refractivity (Wildman–Crippen MR) is 178 cm³/mol. The van der Waals surface area contributed by atoms with Crippen molar-refractivity contribution in [3.05, 3.63) is 139 Å². The van der Waals surface area contributed by atoms with E-state index in [-0.39, 0.29) is 5.28 Å². The summed E-state index contributed by atoms with van der Waals surface area (Å²) in [5.74, 6) is 1.78. The molecule has 0 saturated heterocycles. The van der Waals surface area contributed by atoms with Gasteiger partial charge < -0.3 is 0 Å². The van der Waals surface area contributed by atoms with Gasteiger partial charge in [-0.05, 0) is 0 Å². The Labute approximate surface area is 251 Å². The molecule has 0 aromatic heterocycles. The normalized spacial score (nSPS) is 14.8. The van der Waals surface area contributed by atoms with Gasteiger partial charge in [0.2, 0.25) is 0 Å². The summed E-state index contributed by atoms with van der Waals surface area (Å²) in [6, 6.07) is 47.7. The van der Waals surface area contributed by atoms with E-state index < -0.39 is 14.5 Å². The quantitative estimate of drug-likeness (QED) is 0.139. The van der Waals surface area contributed by atoms with Crippen LogP contribution < -0.4 is 14.2 Å². The van der Waals surface area contributed by atoms with Crippen molar-refractivity contribution in [2.75, 3.05) is 0 Å². The van der Waals surface area contributed by atoms with Crippen LogP contribution in [0, 0.1) is 0 Å². The average Bonchev–Trinajstić information content (AvgIpc) is 3.14. The van der Waals surface area contributed by atoms with Crippen molar-refractivity contribution in [3.63, 3.8) is 0 Å². The maximum absolute atomic E-state index is 7.29. The van der Waals surface area contributed by atoms with E-state index >= 15 is 0 Å². The van der Waals surface area contributed by atoms with Crippen LogP contribution in [-0.4, -0.2) is 28.9 Å². The molecule has 0 fully saturated rings. The Balaban J connectivity index is 1.49. The standard InChI is InChI=1S/C36H31O2PSeSi/c1-41(2,29-17-7-4-8-18-29)34(25-26-13-5-3-6-14-26)39(40)37-32-23-21-27-15-9-11-19-30(27)35(32)36-31-20-12-10-16-28(31)22-24-33(36)38-39/h3-24,34H,25H2,1-2H3/t34-/m0/s1. The van der Waals surface area contributed by atoms with Crippen molar-refractivity contribution in [1.82, 2.24) is 0 Å². The number of rotatable bonds is 5. The second-order valence-electron chi connectivity index (χ2n) is 11.3. The molecule has 7 rings (SSSR count). The van der Waals surface area contributed by atoms with Crippen molar-refractivity contribution >= 4 is 56.8 Å². The fraction of sp³-hybridized carbons (Fsp3) is 0.111. The van der Waals surface area contributed by atoms with E-state index in [0.29, 0.717) is 0 Å². The van der Waals surface area contributed by atoms with Crippen molar-refractivity contribution in [1.29, 1.82) is 0 Å². The Morgan fingerprint density at radius 3 is 1.59 bits per heavy atom. The third kappa shape index (κ3) is 4.70. The summed E-state index contributed by atoms with van der Waals surface area (Å²) in [6.07, 6.45) is -1.78. The van der Waals surface area contributed by atoms with E-state index in [1.54, 1.807) is 0 Å². The summed E-state index contributed by atoms with van der Waals surface area (Å²) in [5, 5.41) is 6.32. The zero-order chi connectivity index (χ0) is 28.0.